The quantitative estimate of drug-likeness (QED) is 0.807. The number of carbonyl (C=O) groups excluding carboxylic acids is 1. The Kier molecular flexibility index (Phi) is 4.04. The second-order valence-electron chi connectivity index (χ2n) is 7.04. The third-order valence-electron chi connectivity index (χ3n) is 5.46. The minimum atomic E-state index is -4.43. The lowest BCUT2D eigenvalue weighted by molar-refractivity contribution is -0.142. The van der Waals surface area contributed by atoms with Crippen molar-refractivity contribution in [3.05, 3.63) is 46.8 Å². The van der Waals surface area contributed by atoms with E-state index in [1.165, 1.54) is 4.68 Å². The van der Waals surface area contributed by atoms with Crippen molar-refractivity contribution < 1.29 is 18.0 Å². The summed E-state index contributed by atoms with van der Waals surface area (Å²) < 4.78 is 41.5. The number of benzene rings is 1. The molecule has 2 aromatic rings. The molecule has 138 valence electrons. The minimum Gasteiger partial charge on any atom is -0.339 e. The zero-order valence-electron chi connectivity index (χ0n) is 14.5. The van der Waals surface area contributed by atoms with Crippen LogP contribution >= 0.6 is 0 Å². The molecule has 1 fully saturated rings. The van der Waals surface area contributed by atoms with E-state index in [4.69, 9.17) is 0 Å². The first-order valence-corrected chi connectivity index (χ1v) is 8.90. The maximum Gasteiger partial charge on any atom is 0.435 e. The van der Waals surface area contributed by atoms with E-state index in [0.29, 0.717) is 36.2 Å². The first kappa shape index (κ1) is 17.1. The molecule has 1 amide bonds. The lowest BCUT2D eigenvalue weighted by Gasteiger charge is -2.20. The van der Waals surface area contributed by atoms with E-state index in [9.17, 15) is 18.0 Å². The number of fused-ring (bicyclic) bond motifs is 1. The van der Waals surface area contributed by atoms with E-state index >= 15 is 0 Å². The molecule has 1 unspecified atom stereocenters. The molecule has 2 aliphatic rings. The number of hydrogen-bond donors (Lipinski definition) is 0. The van der Waals surface area contributed by atoms with Crippen LogP contribution in [0.3, 0.4) is 0 Å². The molecule has 0 spiro atoms. The third kappa shape index (κ3) is 2.79. The molecule has 1 aromatic heterocycles. The number of nitrogens with zero attached hydrogens (tertiary/aromatic N) is 3. The number of likely N-dealkylation sites (tertiary alicyclic amines) is 1. The standard InChI is InChI=1S/C19H20F3N3O/c1-24-15(10-11-17(24)26)12-6-8-13(9-7-12)25-16-5-3-2-4-14(16)18(23-25)19(20,21)22/h6-9,15H,2-5,10-11H2,1H3. The van der Waals surface area contributed by atoms with E-state index in [1.807, 2.05) is 12.1 Å². The Morgan fingerprint density at radius 1 is 1.08 bits per heavy atom. The average molecular weight is 363 g/mol. The first-order chi connectivity index (χ1) is 12.4. The lowest BCUT2D eigenvalue weighted by Crippen LogP contribution is -2.22. The van der Waals surface area contributed by atoms with Crippen LogP contribution in [0.4, 0.5) is 13.2 Å². The number of hydrogen-bond acceptors (Lipinski definition) is 2. The predicted molar refractivity (Wildman–Crippen MR) is 90.0 cm³/mol. The molecule has 0 radical (unpaired) electrons. The molecule has 4 nitrogen and oxygen atoms in total. The van der Waals surface area contributed by atoms with Crippen LogP contribution in [0.5, 0.6) is 0 Å². The van der Waals surface area contributed by atoms with Gasteiger partial charge in [0.1, 0.15) is 0 Å². The molecule has 1 aliphatic carbocycles. The van der Waals surface area contributed by atoms with Crippen LogP contribution in [-0.4, -0.2) is 27.6 Å². The summed E-state index contributed by atoms with van der Waals surface area (Å²) in [6.07, 6.45) is -0.447. The Morgan fingerprint density at radius 2 is 1.77 bits per heavy atom. The fraction of sp³-hybridized carbons (Fsp3) is 0.474. The Morgan fingerprint density at radius 3 is 2.38 bits per heavy atom. The largest absolute Gasteiger partial charge is 0.435 e. The molecule has 0 saturated carbocycles. The SMILES string of the molecule is CN1C(=O)CCC1c1ccc(-n2nc(C(F)(F)F)c3c2CCCC3)cc1. The van der Waals surface area contributed by atoms with Crippen LogP contribution in [0.25, 0.3) is 5.69 Å². The fourth-order valence-electron chi connectivity index (χ4n) is 4.07. The normalized spacial score (nSPS) is 20.5. The maximum absolute atomic E-state index is 13.3. The van der Waals surface area contributed by atoms with E-state index < -0.39 is 11.9 Å². The van der Waals surface area contributed by atoms with Crippen LogP contribution in [0.2, 0.25) is 0 Å². The van der Waals surface area contributed by atoms with E-state index in [1.54, 1.807) is 24.1 Å². The number of amides is 1. The highest BCUT2D eigenvalue weighted by atomic mass is 19.4. The van der Waals surface area contributed by atoms with Crippen molar-refractivity contribution >= 4 is 5.91 Å². The van der Waals surface area contributed by atoms with Gasteiger partial charge < -0.3 is 4.90 Å². The van der Waals surface area contributed by atoms with Crippen molar-refractivity contribution in [1.29, 1.82) is 0 Å². The molecular formula is C19H20F3N3O. The zero-order valence-corrected chi connectivity index (χ0v) is 14.5. The molecule has 1 atom stereocenters. The summed E-state index contributed by atoms with van der Waals surface area (Å²) >= 11 is 0. The van der Waals surface area contributed by atoms with E-state index in [0.717, 1.165) is 24.8 Å². The van der Waals surface area contributed by atoms with Gasteiger partial charge >= 0.3 is 6.18 Å². The Bertz CT molecular complexity index is 839. The van der Waals surface area contributed by atoms with Crippen LogP contribution in [0.1, 0.15) is 54.2 Å². The van der Waals surface area contributed by atoms with E-state index in [-0.39, 0.29) is 11.9 Å². The number of rotatable bonds is 2. The van der Waals surface area contributed by atoms with Gasteiger partial charge in [-0.05, 0) is 49.8 Å². The van der Waals surface area contributed by atoms with Gasteiger partial charge in [-0.3, -0.25) is 4.79 Å². The molecule has 0 N–H and O–H groups in total. The predicted octanol–water partition coefficient (Wildman–Crippen LogP) is 4.06. The zero-order chi connectivity index (χ0) is 18.5. The molecule has 4 rings (SSSR count). The van der Waals surface area contributed by atoms with Gasteiger partial charge in [-0.25, -0.2) is 4.68 Å². The summed E-state index contributed by atoms with van der Waals surface area (Å²) in [5, 5.41) is 3.91. The van der Waals surface area contributed by atoms with E-state index in [2.05, 4.69) is 5.10 Å². The van der Waals surface area contributed by atoms with Crippen molar-refractivity contribution in [1.82, 2.24) is 14.7 Å². The topological polar surface area (TPSA) is 38.1 Å². The monoisotopic (exact) mass is 363 g/mol. The number of aromatic nitrogens is 2. The molecule has 1 saturated heterocycles. The smallest absolute Gasteiger partial charge is 0.339 e. The highest BCUT2D eigenvalue weighted by molar-refractivity contribution is 5.78. The summed E-state index contributed by atoms with van der Waals surface area (Å²) in [6, 6.07) is 7.41. The van der Waals surface area contributed by atoms with Crippen LogP contribution in [0, 0.1) is 0 Å². The van der Waals surface area contributed by atoms with Crippen LogP contribution in [0.15, 0.2) is 24.3 Å². The Balaban J connectivity index is 1.70. The summed E-state index contributed by atoms with van der Waals surface area (Å²) in [5.74, 6) is 0.120. The number of halogens is 3. The van der Waals surface area contributed by atoms with Gasteiger partial charge in [-0.2, -0.15) is 18.3 Å². The van der Waals surface area contributed by atoms with Gasteiger partial charge in [-0.1, -0.05) is 12.1 Å². The molecule has 2 heterocycles. The fourth-order valence-corrected chi connectivity index (χ4v) is 4.07. The van der Waals surface area contributed by atoms with Crippen molar-refractivity contribution in [3.63, 3.8) is 0 Å². The second-order valence-corrected chi connectivity index (χ2v) is 7.04. The molecule has 26 heavy (non-hydrogen) atoms. The van der Waals surface area contributed by atoms with Crippen molar-refractivity contribution in [3.8, 4) is 5.69 Å². The molecule has 1 aliphatic heterocycles. The first-order valence-electron chi connectivity index (χ1n) is 8.90. The summed E-state index contributed by atoms with van der Waals surface area (Å²) in [4.78, 5) is 13.4. The minimum absolute atomic E-state index is 0.0359. The molecular weight excluding hydrogens is 343 g/mol. The second kappa shape index (κ2) is 6.14. The van der Waals surface area contributed by atoms with Gasteiger partial charge in [0.05, 0.1) is 11.7 Å². The van der Waals surface area contributed by atoms with Gasteiger partial charge in [0.2, 0.25) is 5.91 Å². The van der Waals surface area contributed by atoms with Gasteiger partial charge in [0.25, 0.3) is 0 Å². The average Bonchev–Trinajstić information content (AvgIpc) is 3.16. The van der Waals surface area contributed by atoms with Crippen LogP contribution < -0.4 is 0 Å². The van der Waals surface area contributed by atoms with Gasteiger partial charge in [-0.15, -0.1) is 0 Å². The summed E-state index contributed by atoms with van der Waals surface area (Å²) in [7, 11) is 1.79. The van der Waals surface area contributed by atoms with Crippen LogP contribution in [-0.2, 0) is 23.8 Å². The Hall–Kier alpha value is -2.31. The van der Waals surface area contributed by atoms with Crippen molar-refractivity contribution in [2.75, 3.05) is 7.05 Å². The molecule has 1 aromatic carbocycles. The van der Waals surface area contributed by atoms with Crippen molar-refractivity contribution in [2.45, 2.75) is 50.7 Å². The molecule has 7 heteroatoms. The number of carbonyl (C=O) groups is 1. The van der Waals surface area contributed by atoms with Gasteiger partial charge in [0.15, 0.2) is 5.69 Å². The lowest BCUT2D eigenvalue weighted by atomic mass is 9.95. The highest BCUT2D eigenvalue weighted by Crippen LogP contribution is 2.37. The number of alkyl halides is 3. The highest BCUT2D eigenvalue weighted by Gasteiger charge is 2.39. The van der Waals surface area contributed by atoms with Crippen molar-refractivity contribution in [2.24, 2.45) is 0 Å². The molecule has 0 bridgehead atoms. The van der Waals surface area contributed by atoms with Gasteiger partial charge in [0, 0.05) is 24.7 Å². The Labute approximate surface area is 149 Å². The maximum atomic E-state index is 13.3. The summed E-state index contributed by atoms with van der Waals surface area (Å²) in [5.41, 5.74) is 1.89. The third-order valence-corrected chi connectivity index (χ3v) is 5.46. The summed E-state index contributed by atoms with van der Waals surface area (Å²) in [6.45, 7) is 0.